The van der Waals surface area contributed by atoms with E-state index in [0.29, 0.717) is 30.2 Å². The molecule has 2 N–H and O–H groups in total. The number of halogens is 1. The largest absolute Gasteiger partial charge is 0.496 e. The first-order valence-corrected chi connectivity index (χ1v) is 8.35. The summed E-state index contributed by atoms with van der Waals surface area (Å²) >= 11 is 6.06. The van der Waals surface area contributed by atoms with Crippen molar-refractivity contribution in [1.82, 2.24) is 20.4 Å². The van der Waals surface area contributed by atoms with E-state index in [1.165, 1.54) is 0 Å². The summed E-state index contributed by atoms with van der Waals surface area (Å²) in [5.41, 5.74) is 0.198. The Balaban J connectivity index is 1.79. The average molecular weight is 349 g/mol. The molecule has 2 heterocycles. The molecule has 1 aromatic heterocycles. The number of benzene rings is 1. The van der Waals surface area contributed by atoms with Crippen molar-refractivity contribution >= 4 is 17.5 Å². The Hall–Kier alpha value is -2.05. The lowest BCUT2D eigenvalue weighted by molar-refractivity contribution is -0.132. The van der Waals surface area contributed by atoms with Crippen LogP contribution in [0, 0.1) is 0 Å². The minimum Gasteiger partial charge on any atom is -0.496 e. The summed E-state index contributed by atoms with van der Waals surface area (Å²) in [7, 11) is 1.60. The number of rotatable bonds is 5. The molecule has 0 radical (unpaired) electrons. The number of hydrogen-bond donors (Lipinski definition) is 2. The van der Waals surface area contributed by atoms with E-state index in [1.54, 1.807) is 30.1 Å². The Morgan fingerprint density at radius 2 is 2.25 bits per heavy atom. The zero-order valence-corrected chi connectivity index (χ0v) is 14.3. The van der Waals surface area contributed by atoms with Gasteiger partial charge in [-0.15, -0.1) is 0 Å². The second-order valence-electron chi connectivity index (χ2n) is 5.87. The molecule has 24 heavy (non-hydrogen) atoms. The van der Waals surface area contributed by atoms with Gasteiger partial charge in [-0.3, -0.25) is 9.48 Å². The Bertz CT molecular complexity index is 697. The fourth-order valence-corrected chi connectivity index (χ4v) is 3.34. The van der Waals surface area contributed by atoms with Gasteiger partial charge in [-0.1, -0.05) is 11.6 Å². The van der Waals surface area contributed by atoms with Crippen molar-refractivity contribution in [3.05, 3.63) is 47.2 Å². The predicted molar refractivity (Wildman–Crippen MR) is 92.2 cm³/mol. The lowest BCUT2D eigenvalue weighted by atomic mass is 9.87. The molecule has 2 aromatic rings. The molecule has 1 saturated heterocycles. The summed E-state index contributed by atoms with van der Waals surface area (Å²) in [4.78, 5) is 13.0. The van der Waals surface area contributed by atoms with Crippen molar-refractivity contribution in [2.24, 2.45) is 0 Å². The van der Waals surface area contributed by atoms with Crippen molar-refractivity contribution in [3.8, 4) is 5.75 Å². The van der Waals surface area contributed by atoms with E-state index in [2.05, 4.69) is 15.7 Å². The molecule has 0 saturated carbocycles. The van der Waals surface area contributed by atoms with Gasteiger partial charge in [0.15, 0.2) is 0 Å². The number of methoxy groups -OCH3 is 1. The van der Waals surface area contributed by atoms with Crippen molar-refractivity contribution in [2.45, 2.75) is 24.9 Å². The van der Waals surface area contributed by atoms with Gasteiger partial charge in [0, 0.05) is 29.5 Å². The summed E-state index contributed by atoms with van der Waals surface area (Å²) in [6.45, 7) is 1.93. The highest BCUT2D eigenvalue weighted by atomic mass is 35.5. The summed E-state index contributed by atoms with van der Waals surface area (Å²) < 4.78 is 7.11. The molecule has 128 valence electrons. The molecular formula is C17H21ClN4O2. The maximum atomic E-state index is 13.0. The summed E-state index contributed by atoms with van der Waals surface area (Å²) in [5, 5.41) is 11.3. The van der Waals surface area contributed by atoms with Gasteiger partial charge < -0.3 is 15.4 Å². The highest BCUT2D eigenvalue weighted by Crippen LogP contribution is 2.28. The predicted octanol–water partition coefficient (Wildman–Crippen LogP) is 1.94. The molecule has 0 unspecified atom stereocenters. The van der Waals surface area contributed by atoms with E-state index in [-0.39, 0.29) is 5.91 Å². The van der Waals surface area contributed by atoms with Gasteiger partial charge in [0.25, 0.3) is 0 Å². The smallest absolute Gasteiger partial charge is 0.248 e. The van der Waals surface area contributed by atoms with E-state index in [1.807, 2.05) is 18.3 Å². The van der Waals surface area contributed by atoms with Crippen LogP contribution in [0.25, 0.3) is 0 Å². The highest BCUT2D eigenvalue weighted by Gasteiger charge is 2.41. The van der Waals surface area contributed by atoms with Crippen LogP contribution in [0.3, 0.4) is 0 Å². The van der Waals surface area contributed by atoms with Crippen LogP contribution in [-0.4, -0.2) is 35.9 Å². The maximum absolute atomic E-state index is 13.0. The number of piperidine rings is 1. The van der Waals surface area contributed by atoms with Crippen LogP contribution in [0.1, 0.15) is 18.4 Å². The first kappa shape index (κ1) is 16.8. The van der Waals surface area contributed by atoms with Gasteiger partial charge >= 0.3 is 0 Å². The summed E-state index contributed by atoms with van der Waals surface area (Å²) in [6.07, 6.45) is 4.96. The molecular weight excluding hydrogens is 328 g/mol. The fraction of sp³-hybridized carbons (Fsp3) is 0.412. The Kier molecular flexibility index (Phi) is 5.06. The number of nitrogens with zero attached hydrogens (tertiary/aromatic N) is 2. The van der Waals surface area contributed by atoms with Crippen LogP contribution in [0.2, 0.25) is 5.02 Å². The van der Waals surface area contributed by atoms with Crippen molar-refractivity contribution in [1.29, 1.82) is 0 Å². The first-order chi connectivity index (χ1) is 11.7. The number of ether oxygens (including phenoxy) is 1. The Labute approximate surface area is 146 Å². The van der Waals surface area contributed by atoms with E-state index < -0.39 is 5.54 Å². The maximum Gasteiger partial charge on any atom is 0.248 e. The number of aromatic nitrogens is 2. The molecule has 0 aliphatic carbocycles. The minimum absolute atomic E-state index is 0.0327. The summed E-state index contributed by atoms with van der Waals surface area (Å²) in [5.74, 6) is 0.674. The molecule has 1 fully saturated rings. The van der Waals surface area contributed by atoms with Crippen LogP contribution in [-0.2, 0) is 16.9 Å². The first-order valence-electron chi connectivity index (χ1n) is 7.97. The van der Waals surface area contributed by atoms with Crippen LogP contribution in [0.4, 0.5) is 0 Å². The zero-order valence-electron chi connectivity index (χ0n) is 13.6. The number of hydrogen-bond acceptors (Lipinski definition) is 4. The number of carbonyl (C=O) groups is 1. The standard InChI is InChI=1S/C17H21ClN4O2/c1-24-15-4-3-14(18)11-13(15)12-20-16(23)17(5-8-19-9-6-17)22-10-2-7-21-22/h2-4,7,10-11,19H,5-6,8-9,12H2,1H3,(H,20,23). The number of carbonyl (C=O) groups excluding carboxylic acids is 1. The van der Waals surface area contributed by atoms with Crippen LogP contribution in [0.5, 0.6) is 5.75 Å². The van der Waals surface area contributed by atoms with E-state index in [0.717, 1.165) is 18.7 Å². The van der Waals surface area contributed by atoms with Gasteiger partial charge in [-0.25, -0.2) is 0 Å². The van der Waals surface area contributed by atoms with Crippen molar-refractivity contribution in [2.75, 3.05) is 20.2 Å². The topological polar surface area (TPSA) is 68.2 Å². The molecule has 1 aliphatic rings. The molecule has 0 atom stereocenters. The molecule has 1 aromatic carbocycles. The monoisotopic (exact) mass is 348 g/mol. The molecule has 3 rings (SSSR count). The van der Waals surface area contributed by atoms with Crippen LogP contribution in [0.15, 0.2) is 36.7 Å². The summed E-state index contributed by atoms with van der Waals surface area (Å²) in [6, 6.07) is 7.22. The molecule has 7 heteroatoms. The second-order valence-corrected chi connectivity index (χ2v) is 6.31. The van der Waals surface area contributed by atoms with Crippen LogP contribution >= 0.6 is 11.6 Å². The minimum atomic E-state index is -0.652. The fourth-order valence-electron chi connectivity index (χ4n) is 3.15. The lowest BCUT2D eigenvalue weighted by Crippen LogP contribution is -2.54. The van der Waals surface area contributed by atoms with E-state index >= 15 is 0 Å². The molecule has 6 nitrogen and oxygen atoms in total. The molecule has 0 bridgehead atoms. The highest BCUT2D eigenvalue weighted by molar-refractivity contribution is 6.30. The van der Waals surface area contributed by atoms with E-state index in [9.17, 15) is 4.79 Å². The third-order valence-electron chi connectivity index (χ3n) is 4.48. The van der Waals surface area contributed by atoms with Gasteiger partial charge in [0.2, 0.25) is 5.91 Å². The third kappa shape index (κ3) is 3.25. The van der Waals surface area contributed by atoms with Gasteiger partial charge in [-0.05, 0) is 50.2 Å². The number of nitrogens with one attached hydrogen (secondary N) is 2. The quantitative estimate of drug-likeness (QED) is 0.866. The van der Waals surface area contributed by atoms with Crippen LogP contribution < -0.4 is 15.4 Å². The number of amides is 1. The second kappa shape index (κ2) is 7.23. The third-order valence-corrected chi connectivity index (χ3v) is 4.71. The lowest BCUT2D eigenvalue weighted by Gasteiger charge is -2.36. The van der Waals surface area contributed by atoms with Gasteiger partial charge in [-0.2, -0.15) is 5.10 Å². The Morgan fingerprint density at radius 1 is 1.46 bits per heavy atom. The average Bonchev–Trinajstić information content (AvgIpc) is 3.15. The SMILES string of the molecule is COc1ccc(Cl)cc1CNC(=O)C1(n2cccn2)CCNCC1. The molecule has 1 amide bonds. The molecule has 1 aliphatic heterocycles. The Morgan fingerprint density at radius 3 is 2.92 bits per heavy atom. The normalized spacial score (nSPS) is 16.6. The zero-order chi connectivity index (χ0) is 17.0. The van der Waals surface area contributed by atoms with Gasteiger partial charge in [0.1, 0.15) is 11.3 Å². The van der Waals surface area contributed by atoms with Gasteiger partial charge in [0.05, 0.1) is 7.11 Å². The molecule has 0 spiro atoms. The van der Waals surface area contributed by atoms with Crippen molar-refractivity contribution < 1.29 is 9.53 Å². The van der Waals surface area contributed by atoms with Crippen molar-refractivity contribution in [3.63, 3.8) is 0 Å². The van der Waals surface area contributed by atoms with E-state index in [4.69, 9.17) is 16.3 Å².